The van der Waals surface area contributed by atoms with Crippen molar-refractivity contribution in [2.75, 3.05) is 30.6 Å². The van der Waals surface area contributed by atoms with Crippen molar-refractivity contribution in [3.63, 3.8) is 0 Å². The lowest BCUT2D eigenvalue weighted by atomic mass is 10.1. The van der Waals surface area contributed by atoms with E-state index in [2.05, 4.69) is 0 Å². The molecule has 4 heteroatoms. The maximum Gasteiger partial charge on any atom is 0.231 e. The second-order valence-corrected chi connectivity index (χ2v) is 3.78. The maximum absolute atomic E-state index is 11.4. The third kappa shape index (κ3) is 1.57. The van der Waals surface area contributed by atoms with Gasteiger partial charge in [0.1, 0.15) is 6.73 Å². The van der Waals surface area contributed by atoms with E-state index >= 15 is 0 Å². The van der Waals surface area contributed by atoms with Crippen LogP contribution in [0.1, 0.15) is 5.56 Å². The Morgan fingerprint density at radius 3 is 2.93 bits per heavy atom. The van der Waals surface area contributed by atoms with E-state index in [0.717, 1.165) is 16.9 Å². The fraction of sp³-hybridized carbons (Fsp3) is 0.364. The summed E-state index contributed by atoms with van der Waals surface area (Å²) in [5.41, 5.74) is 2.93. The van der Waals surface area contributed by atoms with Crippen LogP contribution in [0, 0.1) is 0 Å². The molecule has 0 radical (unpaired) electrons. The summed E-state index contributed by atoms with van der Waals surface area (Å²) in [5.74, 6) is 0.119. The highest BCUT2D eigenvalue weighted by atomic mass is 16.3. The molecule has 0 saturated heterocycles. The first-order valence-corrected chi connectivity index (χ1v) is 4.85. The summed E-state index contributed by atoms with van der Waals surface area (Å²) in [6.07, 6.45) is 0.457. The molecule has 0 spiro atoms. The minimum Gasteiger partial charge on any atom is -0.376 e. The highest BCUT2D eigenvalue weighted by Gasteiger charge is 2.24. The number of hydrogen-bond acceptors (Lipinski definition) is 3. The summed E-state index contributed by atoms with van der Waals surface area (Å²) in [4.78, 5) is 14.8. The second-order valence-electron chi connectivity index (χ2n) is 3.78. The Morgan fingerprint density at radius 2 is 2.27 bits per heavy atom. The van der Waals surface area contributed by atoms with E-state index in [1.54, 1.807) is 16.8 Å². The Hall–Kier alpha value is -1.55. The average Bonchev–Trinajstić information content (AvgIpc) is 2.53. The van der Waals surface area contributed by atoms with Crippen LogP contribution in [-0.2, 0) is 11.2 Å². The molecular formula is C11H14N2O2. The van der Waals surface area contributed by atoms with Crippen LogP contribution in [0.2, 0.25) is 0 Å². The van der Waals surface area contributed by atoms with Gasteiger partial charge >= 0.3 is 0 Å². The highest BCUT2D eigenvalue weighted by molar-refractivity contribution is 6.01. The van der Waals surface area contributed by atoms with E-state index in [1.165, 1.54) is 0 Å². The number of likely N-dealkylation sites (N-methyl/N-ethyl adjacent to an activating group) is 1. The number of rotatable bonds is 2. The summed E-state index contributed by atoms with van der Waals surface area (Å²) in [5, 5.41) is 8.99. The fourth-order valence-electron chi connectivity index (χ4n) is 1.78. The number of nitrogens with zero attached hydrogens (tertiary/aromatic N) is 2. The summed E-state index contributed by atoms with van der Waals surface area (Å²) >= 11 is 0. The molecule has 0 aliphatic carbocycles. The lowest BCUT2D eigenvalue weighted by Gasteiger charge is -2.17. The number of carbonyl (C=O) groups is 1. The standard InChI is InChI=1S/C11H14N2O2/c1-12(7-14)9-3-4-10-8(5-9)6-11(15)13(10)2/h3-5,14H,6-7H2,1-2H3. The molecule has 0 unspecified atom stereocenters. The number of hydrogen-bond donors (Lipinski definition) is 1. The van der Waals surface area contributed by atoms with E-state index in [1.807, 2.05) is 25.2 Å². The quantitative estimate of drug-likeness (QED) is 0.720. The third-order valence-electron chi connectivity index (χ3n) is 2.79. The van der Waals surface area contributed by atoms with E-state index in [9.17, 15) is 4.79 Å². The smallest absolute Gasteiger partial charge is 0.231 e. The minimum atomic E-state index is -0.0252. The Bertz CT molecular complexity index is 404. The molecule has 1 N–H and O–H groups in total. The molecule has 0 saturated carbocycles. The first-order valence-electron chi connectivity index (χ1n) is 4.85. The van der Waals surface area contributed by atoms with Gasteiger partial charge in [-0.15, -0.1) is 0 Å². The number of carbonyl (C=O) groups excluding carboxylic acids is 1. The van der Waals surface area contributed by atoms with Crippen LogP contribution in [0.4, 0.5) is 11.4 Å². The summed E-state index contributed by atoms with van der Waals surface area (Å²) in [7, 11) is 3.59. The molecule has 1 aromatic carbocycles. The Kier molecular flexibility index (Phi) is 2.36. The molecule has 1 aromatic rings. The van der Waals surface area contributed by atoms with Gasteiger partial charge in [0.15, 0.2) is 0 Å². The number of fused-ring (bicyclic) bond motifs is 1. The molecule has 15 heavy (non-hydrogen) atoms. The van der Waals surface area contributed by atoms with Gasteiger partial charge in [-0.1, -0.05) is 0 Å². The van der Waals surface area contributed by atoms with Gasteiger partial charge in [-0.05, 0) is 23.8 Å². The number of aliphatic hydroxyl groups is 1. The normalized spacial score (nSPS) is 14.3. The summed E-state index contributed by atoms with van der Waals surface area (Å²) in [6, 6.07) is 5.78. The van der Waals surface area contributed by atoms with Crippen molar-refractivity contribution < 1.29 is 9.90 Å². The van der Waals surface area contributed by atoms with Gasteiger partial charge < -0.3 is 14.9 Å². The van der Waals surface area contributed by atoms with Gasteiger partial charge in [0.25, 0.3) is 0 Å². The molecule has 0 bridgehead atoms. The van der Waals surface area contributed by atoms with Crippen molar-refractivity contribution in [1.29, 1.82) is 0 Å². The largest absolute Gasteiger partial charge is 0.376 e. The van der Waals surface area contributed by atoms with Crippen LogP contribution < -0.4 is 9.80 Å². The molecule has 1 heterocycles. The summed E-state index contributed by atoms with van der Waals surface area (Å²) in [6.45, 7) is -0.0252. The molecule has 4 nitrogen and oxygen atoms in total. The molecule has 0 fully saturated rings. The van der Waals surface area contributed by atoms with Crippen LogP contribution in [0.3, 0.4) is 0 Å². The second kappa shape index (κ2) is 3.55. The van der Waals surface area contributed by atoms with Crippen molar-refractivity contribution >= 4 is 17.3 Å². The van der Waals surface area contributed by atoms with Crippen LogP contribution in [0.5, 0.6) is 0 Å². The van der Waals surface area contributed by atoms with Gasteiger partial charge in [0, 0.05) is 25.5 Å². The zero-order valence-electron chi connectivity index (χ0n) is 8.90. The number of anilines is 2. The first kappa shape index (κ1) is 9.98. The molecule has 0 atom stereocenters. The highest BCUT2D eigenvalue weighted by Crippen LogP contribution is 2.30. The lowest BCUT2D eigenvalue weighted by Crippen LogP contribution is -2.20. The van der Waals surface area contributed by atoms with Gasteiger partial charge in [-0.25, -0.2) is 0 Å². The number of aliphatic hydroxyl groups excluding tert-OH is 1. The Balaban J connectivity index is 2.37. The van der Waals surface area contributed by atoms with Crippen LogP contribution in [-0.4, -0.2) is 31.8 Å². The van der Waals surface area contributed by atoms with E-state index in [0.29, 0.717) is 6.42 Å². The van der Waals surface area contributed by atoms with Crippen molar-refractivity contribution in [2.24, 2.45) is 0 Å². The Morgan fingerprint density at radius 1 is 1.53 bits per heavy atom. The van der Waals surface area contributed by atoms with Crippen molar-refractivity contribution in [3.8, 4) is 0 Å². The van der Waals surface area contributed by atoms with Crippen LogP contribution in [0.25, 0.3) is 0 Å². The van der Waals surface area contributed by atoms with Crippen LogP contribution in [0.15, 0.2) is 18.2 Å². The first-order chi connectivity index (χ1) is 7.13. The summed E-state index contributed by atoms with van der Waals surface area (Å²) < 4.78 is 0. The number of amides is 1. The molecular weight excluding hydrogens is 192 g/mol. The zero-order valence-corrected chi connectivity index (χ0v) is 8.90. The molecule has 1 aliphatic heterocycles. The third-order valence-corrected chi connectivity index (χ3v) is 2.79. The van der Waals surface area contributed by atoms with Crippen molar-refractivity contribution in [2.45, 2.75) is 6.42 Å². The zero-order chi connectivity index (χ0) is 11.0. The predicted octanol–water partition coefficient (Wildman–Crippen LogP) is 0.591. The minimum absolute atomic E-state index is 0.0252. The van der Waals surface area contributed by atoms with Crippen molar-refractivity contribution in [1.82, 2.24) is 0 Å². The van der Waals surface area contributed by atoms with Gasteiger partial charge in [0.2, 0.25) is 5.91 Å². The molecule has 1 amide bonds. The van der Waals surface area contributed by atoms with Gasteiger partial charge in [-0.3, -0.25) is 4.79 Å². The van der Waals surface area contributed by atoms with Crippen molar-refractivity contribution in [3.05, 3.63) is 23.8 Å². The van der Waals surface area contributed by atoms with E-state index < -0.39 is 0 Å². The average molecular weight is 206 g/mol. The fourth-order valence-corrected chi connectivity index (χ4v) is 1.78. The Labute approximate surface area is 88.7 Å². The van der Waals surface area contributed by atoms with Crippen LogP contribution >= 0.6 is 0 Å². The molecule has 0 aromatic heterocycles. The van der Waals surface area contributed by atoms with E-state index in [4.69, 9.17) is 5.11 Å². The molecule has 2 rings (SSSR count). The SMILES string of the molecule is CN(CO)c1ccc2c(c1)CC(=O)N2C. The lowest BCUT2D eigenvalue weighted by molar-refractivity contribution is -0.117. The predicted molar refractivity (Wildman–Crippen MR) is 59.0 cm³/mol. The van der Waals surface area contributed by atoms with E-state index in [-0.39, 0.29) is 12.6 Å². The number of benzene rings is 1. The van der Waals surface area contributed by atoms with Gasteiger partial charge in [0.05, 0.1) is 6.42 Å². The maximum atomic E-state index is 11.4. The monoisotopic (exact) mass is 206 g/mol. The molecule has 80 valence electrons. The topological polar surface area (TPSA) is 43.8 Å². The molecule has 1 aliphatic rings. The van der Waals surface area contributed by atoms with Gasteiger partial charge in [-0.2, -0.15) is 0 Å².